The van der Waals surface area contributed by atoms with Crippen molar-refractivity contribution in [1.29, 1.82) is 0 Å². The summed E-state index contributed by atoms with van der Waals surface area (Å²) < 4.78 is 0. The van der Waals surface area contributed by atoms with E-state index < -0.39 is 0 Å². The predicted molar refractivity (Wildman–Crippen MR) is 83.3 cm³/mol. The van der Waals surface area contributed by atoms with Gasteiger partial charge < -0.3 is 9.80 Å². The lowest BCUT2D eigenvalue weighted by molar-refractivity contribution is -0.135. The van der Waals surface area contributed by atoms with Gasteiger partial charge in [0.1, 0.15) is 0 Å². The number of aromatic nitrogens is 1. The number of carbonyl (C=O) groups excluding carboxylic acids is 2. The van der Waals surface area contributed by atoms with Gasteiger partial charge in [0, 0.05) is 50.1 Å². The highest BCUT2D eigenvalue weighted by molar-refractivity contribution is 5.94. The molecule has 0 radical (unpaired) electrons. The number of rotatable bonds is 2. The maximum absolute atomic E-state index is 12.5. The maximum atomic E-state index is 12.5. The Bertz CT molecular complexity index is 526. The van der Waals surface area contributed by atoms with Crippen LogP contribution in [0.4, 0.5) is 0 Å². The number of pyridine rings is 1. The molecule has 22 heavy (non-hydrogen) atoms. The van der Waals surface area contributed by atoms with Crippen LogP contribution in [0.15, 0.2) is 24.5 Å². The van der Waals surface area contributed by atoms with Crippen LogP contribution in [0.2, 0.25) is 0 Å². The minimum absolute atomic E-state index is 0.0394. The first-order valence-electron chi connectivity index (χ1n) is 8.24. The largest absolute Gasteiger partial charge is 0.341 e. The summed E-state index contributed by atoms with van der Waals surface area (Å²) >= 11 is 0. The number of hydrogen-bond donors (Lipinski definition) is 0. The Kier molecular flexibility index (Phi) is 4.71. The average molecular weight is 301 g/mol. The Morgan fingerprint density at radius 2 is 1.55 bits per heavy atom. The highest BCUT2D eigenvalue weighted by atomic mass is 16.2. The Morgan fingerprint density at radius 1 is 0.909 bits per heavy atom. The Hall–Kier alpha value is -1.91. The van der Waals surface area contributed by atoms with E-state index in [2.05, 4.69) is 4.98 Å². The van der Waals surface area contributed by atoms with Crippen molar-refractivity contribution >= 4 is 11.8 Å². The van der Waals surface area contributed by atoms with Crippen LogP contribution in [-0.4, -0.2) is 52.8 Å². The van der Waals surface area contributed by atoms with Gasteiger partial charge in [-0.1, -0.05) is 12.8 Å². The Morgan fingerprint density at radius 3 is 2.27 bits per heavy atom. The molecule has 118 valence electrons. The SMILES string of the molecule is O=C(c1ccncc1)N1CCCN(C(=O)C2CCCC2)CC1. The fourth-order valence-corrected chi connectivity index (χ4v) is 3.45. The smallest absolute Gasteiger partial charge is 0.254 e. The molecule has 0 bridgehead atoms. The van der Waals surface area contributed by atoms with Crippen LogP contribution in [0, 0.1) is 5.92 Å². The van der Waals surface area contributed by atoms with Crippen molar-refractivity contribution in [2.45, 2.75) is 32.1 Å². The van der Waals surface area contributed by atoms with E-state index in [1.54, 1.807) is 24.5 Å². The topological polar surface area (TPSA) is 53.5 Å². The van der Waals surface area contributed by atoms with Crippen molar-refractivity contribution in [1.82, 2.24) is 14.8 Å². The summed E-state index contributed by atoms with van der Waals surface area (Å²) in [7, 11) is 0. The molecule has 0 aromatic carbocycles. The summed E-state index contributed by atoms with van der Waals surface area (Å²) in [6, 6.07) is 3.49. The molecule has 0 spiro atoms. The molecule has 0 atom stereocenters. The molecule has 1 aliphatic carbocycles. The molecule has 5 heteroatoms. The molecule has 3 rings (SSSR count). The molecule has 5 nitrogen and oxygen atoms in total. The molecule has 1 saturated heterocycles. The summed E-state index contributed by atoms with van der Waals surface area (Å²) in [5.41, 5.74) is 0.672. The quantitative estimate of drug-likeness (QED) is 0.839. The van der Waals surface area contributed by atoms with Crippen molar-refractivity contribution in [3.8, 4) is 0 Å². The van der Waals surface area contributed by atoms with E-state index in [-0.39, 0.29) is 11.8 Å². The number of hydrogen-bond acceptors (Lipinski definition) is 3. The van der Waals surface area contributed by atoms with Crippen molar-refractivity contribution in [3.05, 3.63) is 30.1 Å². The van der Waals surface area contributed by atoms with E-state index in [0.29, 0.717) is 24.6 Å². The van der Waals surface area contributed by atoms with Crippen molar-refractivity contribution in [2.75, 3.05) is 26.2 Å². The fraction of sp³-hybridized carbons (Fsp3) is 0.588. The first-order chi connectivity index (χ1) is 10.8. The minimum Gasteiger partial charge on any atom is -0.341 e. The standard InChI is InChI=1S/C17H23N3O2/c21-16(14-4-1-2-5-14)19-10-3-11-20(13-12-19)17(22)15-6-8-18-9-7-15/h6-9,14H,1-5,10-13H2. The summed E-state index contributed by atoms with van der Waals surface area (Å²) in [6.45, 7) is 2.77. The second-order valence-corrected chi connectivity index (χ2v) is 6.19. The van der Waals surface area contributed by atoms with Crippen LogP contribution in [0.1, 0.15) is 42.5 Å². The zero-order valence-electron chi connectivity index (χ0n) is 12.9. The zero-order valence-corrected chi connectivity index (χ0v) is 12.9. The highest BCUT2D eigenvalue weighted by Gasteiger charge is 2.29. The molecule has 1 aromatic heterocycles. The maximum Gasteiger partial charge on any atom is 0.254 e. The van der Waals surface area contributed by atoms with E-state index in [0.717, 1.165) is 32.4 Å². The van der Waals surface area contributed by atoms with E-state index in [1.165, 1.54) is 12.8 Å². The summed E-state index contributed by atoms with van der Waals surface area (Å²) in [4.78, 5) is 32.8. The third-order valence-corrected chi connectivity index (χ3v) is 4.73. The lowest BCUT2D eigenvalue weighted by atomic mass is 10.1. The molecule has 1 saturated carbocycles. The van der Waals surface area contributed by atoms with Crippen molar-refractivity contribution in [3.63, 3.8) is 0 Å². The molecular formula is C17H23N3O2. The summed E-state index contributed by atoms with van der Waals surface area (Å²) in [6.07, 6.45) is 8.56. The molecule has 2 heterocycles. The summed E-state index contributed by atoms with van der Waals surface area (Å²) in [5, 5.41) is 0. The predicted octanol–water partition coefficient (Wildman–Crippen LogP) is 1.95. The average Bonchev–Trinajstić information content (AvgIpc) is 2.99. The van der Waals surface area contributed by atoms with E-state index >= 15 is 0 Å². The number of amides is 2. The van der Waals surface area contributed by atoms with Gasteiger partial charge in [-0.25, -0.2) is 0 Å². The van der Waals surface area contributed by atoms with E-state index in [9.17, 15) is 9.59 Å². The lowest BCUT2D eigenvalue weighted by Gasteiger charge is -2.24. The first-order valence-corrected chi connectivity index (χ1v) is 8.24. The Balaban J connectivity index is 1.60. The van der Waals surface area contributed by atoms with Gasteiger partial charge >= 0.3 is 0 Å². The van der Waals surface area contributed by atoms with Crippen LogP contribution in [0.5, 0.6) is 0 Å². The molecule has 1 aromatic rings. The molecule has 1 aliphatic heterocycles. The van der Waals surface area contributed by atoms with E-state index in [4.69, 9.17) is 0 Å². The molecule has 2 fully saturated rings. The zero-order chi connectivity index (χ0) is 15.4. The second kappa shape index (κ2) is 6.90. The third-order valence-electron chi connectivity index (χ3n) is 4.73. The van der Waals surface area contributed by atoms with Gasteiger partial charge in [0.2, 0.25) is 5.91 Å². The van der Waals surface area contributed by atoms with E-state index in [1.807, 2.05) is 9.80 Å². The van der Waals surface area contributed by atoms with Gasteiger partial charge in [0.05, 0.1) is 0 Å². The van der Waals surface area contributed by atoms with Gasteiger partial charge in [0.25, 0.3) is 5.91 Å². The summed E-state index contributed by atoms with van der Waals surface area (Å²) in [5.74, 6) is 0.565. The van der Waals surface area contributed by atoms with Crippen LogP contribution in [0.3, 0.4) is 0 Å². The van der Waals surface area contributed by atoms with Crippen LogP contribution >= 0.6 is 0 Å². The normalized spacial score (nSPS) is 20.0. The minimum atomic E-state index is 0.0394. The van der Waals surface area contributed by atoms with Crippen molar-refractivity contribution < 1.29 is 9.59 Å². The molecular weight excluding hydrogens is 278 g/mol. The van der Waals surface area contributed by atoms with Gasteiger partial charge in [-0.05, 0) is 31.4 Å². The third kappa shape index (κ3) is 3.29. The van der Waals surface area contributed by atoms with Crippen LogP contribution < -0.4 is 0 Å². The van der Waals surface area contributed by atoms with Gasteiger partial charge in [-0.2, -0.15) is 0 Å². The highest BCUT2D eigenvalue weighted by Crippen LogP contribution is 2.27. The van der Waals surface area contributed by atoms with Gasteiger partial charge in [-0.3, -0.25) is 14.6 Å². The Labute approximate surface area is 131 Å². The van der Waals surface area contributed by atoms with Crippen LogP contribution in [0.25, 0.3) is 0 Å². The molecule has 2 aliphatic rings. The molecule has 0 unspecified atom stereocenters. The van der Waals surface area contributed by atoms with Crippen molar-refractivity contribution in [2.24, 2.45) is 5.92 Å². The lowest BCUT2D eigenvalue weighted by Crippen LogP contribution is -2.39. The number of nitrogens with zero attached hydrogens (tertiary/aromatic N) is 3. The monoisotopic (exact) mass is 301 g/mol. The molecule has 2 amide bonds. The first kappa shape index (κ1) is 15.0. The number of carbonyl (C=O) groups is 2. The second-order valence-electron chi connectivity index (χ2n) is 6.19. The van der Waals surface area contributed by atoms with Crippen LogP contribution in [-0.2, 0) is 4.79 Å². The molecule has 0 N–H and O–H groups in total. The van der Waals surface area contributed by atoms with Gasteiger partial charge in [0.15, 0.2) is 0 Å². The van der Waals surface area contributed by atoms with Gasteiger partial charge in [-0.15, -0.1) is 0 Å². The fourth-order valence-electron chi connectivity index (χ4n) is 3.45.